The summed E-state index contributed by atoms with van der Waals surface area (Å²) in [4.78, 5) is 29.6. The molecule has 0 bridgehead atoms. The van der Waals surface area contributed by atoms with Crippen molar-refractivity contribution < 1.29 is 9.84 Å². The highest BCUT2D eigenvalue weighted by molar-refractivity contribution is 5.74. The summed E-state index contributed by atoms with van der Waals surface area (Å²) in [5, 5.41) is 13.9. The second kappa shape index (κ2) is 8.74. The van der Waals surface area contributed by atoms with Crippen molar-refractivity contribution in [1.82, 2.24) is 18.7 Å². The van der Waals surface area contributed by atoms with Crippen molar-refractivity contribution in [2.24, 2.45) is 20.0 Å². The molecule has 0 aliphatic rings. The molecule has 3 rings (SSSR count). The number of nitrogens with one attached hydrogen (secondary N) is 1. The molecule has 0 saturated heterocycles. The Morgan fingerprint density at radius 2 is 1.87 bits per heavy atom. The first-order valence-corrected chi connectivity index (χ1v) is 9.97. The van der Waals surface area contributed by atoms with Crippen LogP contribution in [0.5, 0.6) is 5.75 Å². The van der Waals surface area contributed by atoms with Crippen LogP contribution in [-0.2, 0) is 20.6 Å². The van der Waals surface area contributed by atoms with Gasteiger partial charge in [-0.1, -0.05) is 32.0 Å². The van der Waals surface area contributed by atoms with E-state index in [0.29, 0.717) is 24.2 Å². The highest BCUT2D eigenvalue weighted by atomic mass is 16.5. The molecule has 2 N–H and O–H groups in total. The summed E-state index contributed by atoms with van der Waals surface area (Å²) in [7, 11) is 3.01. The van der Waals surface area contributed by atoms with Gasteiger partial charge in [-0.05, 0) is 24.5 Å². The second-order valence-electron chi connectivity index (χ2n) is 7.93. The highest BCUT2D eigenvalue weighted by Gasteiger charge is 2.21. The average molecular weight is 415 g/mol. The van der Waals surface area contributed by atoms with Crippen molar-refractivity contribution in [2.45, 2.75) is 33.4 Å². The Morgan fingerprint density at radius 3 is 2.53 bits per heavy atom. The van der Waals surface area contributed by atoms with E-state index in [1.54, 1.807) is 11.6 Å². The molecule has 3 aromatic rings. The number of hydrogen-bond donors (Lipinski definition) is 2. The van der Waals surface area contributed by atoms with Crippen LogP contribution in [0.25, 0.3) is 11.2 Å². The molecule has 2 heterocycles. The van der Waals surface area contributed by atoms with Gasteiger partial charge in [-0.15, -0.1) is 0 Å². The Balaban J connectivity index is 1.95. The topological polar surface area (TPSA) is 103 Å². The molecule has 0 aliphatic heterocycles. The van der Waals surface area contributed by atoms with Gasteiger partial charge < -0.3 is 19.7 Å². The van der Waals surface area contributed by atoms with E-state index in [1.807, 2.05) is 31.2 Å². The number of anilines is 1. The maximum absolute atomic E-state index is 12.8. The van der Waals surface area contributed by atoms with Gasteiger partial charge in [-0.2, -0.15) is 4.98 Å². The third-order valence-corrected chi connectivity index (χ3v) is 4.93. The number of aryl methyl sites for hydroxylation is 2. The van der Waals surface area contributed by atoms with Crippen LogP contribution in [0.4, 0.5) is 5.95 Å². The summed E-state index contributed by atoms with van der Waals surface area (Å²) in [5.41, 5.74) is 0.615. The van der Waals surface area contributed by atoms with E-state index >= 15 is 0 Å². The van der Waals surface area contributed by atoms with E-state index in [4.69, 9.17) is 4.74 Å². The number of benzene rings is 1. The molecule has 0 aliphatic carbocycles. The van der Waals surface area contributed by atoms with E-state index in [9.17, 15) is 14.7 Å². The van der Waals surface area contributed by atoms with Crippen LogP contribution in [0.2, 0.25) is 0 Å². The van der Waals surface area contributed by atoms with Gasteiger partial charge in [-0.25, -0.2) is 4.79 Å². The monoisotopic (exact) mass is 415 g/mol. The lowest BCUT2D eigenvalue weighted by molar-refractivity contribution is 0.0935. The van der Waals surface area contributed by atoms with Crippen LogP contribution in [-0.4, -0.2) is 43.0 Å². The molecule has 0 saturated carbocycles. The fourth-order valence-corrected chi connectivity index (χ4v) is 3.22. The smallest absolute Gasteiger partial charge is 0.332 e. The first-order valence-electron chi connectivity index (χ1n) is 9.97. The summed E-state index contributed by atoms with van der Waals surface area (Å²) >= 11 is 0. The maximum Gasteiger partial charge on any atom is 0.332 e. The standard InChI is InChI=1S/C21H29N5O4/c1-13(2)10-22-20-23-18-17(19(28)25(5)21(29)24(18)4)26(20)11-15(27)12-30-16-9-7-6-8-14(16)3/h6-9,13,15,27H,10-12H2,1-5H3,(H,22,23)/t15-/m0/s1. The molecule has 30 heavy (non-hydrogen) atoms. The van der Waals surface area contributed by atoms with Gasteiger partial charge in [0.2, 0.25) is 5.95 Å². The minimum Gasteiger partial charge on any atom is -0.491 e. The van der Waals surface area contributed by atoms with E-state index in [1.165, 1.54) is 11.6 Å². The molecule has 0 unspecified atom stereocenters. The van der Waals surface area contributed by atoms with E-state index in [0.717, 1.165) is 10.1 Å². The predicted molar refractivity (Wildman–Crippen MR) is 116 cm³/mol. The van der Waals surface area contributed by atoms with Gasteiger partial charge in [-0.3, -0.25) is 13.9 Å². The Morgan fingerprint density at radius 1 is 1.17 bits per heavy atom. The molecule has 0 spiro atoms. The molecule has 9 heteroatoms. The highest BCUT2D eigenvalue weighted by Crippen LogP contribution is 2.19. The molecule has 0 amide bonds. The number of ether oxygens (including phenoxy) is 1. The number of hydrogen-bond acceptors (Lipinski definition) is 6. The molecule has 1 aromatic carbocycles. The average Bonchev–Trinajstić information content (AvgIpc) is 3.06. The Labute approximate surface area is 174 Å². The van der Waals surface area contributed by atoms with E-state index in [2.05, 4.69) is 24.1 Å². The summed E-state index contributed by atoms with van der Waals surface area (Å²) < 4.78 is 9.76. The Bertz CT molecular complexity index is 1160. The number of imidazole rings is 1. The molecule has 0 radical (unpaired) electrons. The first-order chi connectivity index (χ1) is 14.2. The fourth-order valence-electron chi connectivity index (χ4n) is 3.22. The maximum atomic E-state index is 12.8. The van der Waals surface area contributed by atoms with E-state index in [-0.39, 0.29) is 24.3 Å². The normalized spacial score (nSPS) is 12.5. The molecule has 0 fully saturated rings. The zero-order valence-electron chi connectivity index (χ0n) is 18.0. The van der Waals surface area contributed by atoms with Crippen molar-refractivity contribution in [3.05, 3.63) is 50.7 Å². The number of aliphatic hydroxyl groups is 1. The van der Waals surface area contributed by atoms with Gasteiger partial charge in [0.25, 0.3) is 5.56 Å². The van der Waals surface area contributed by atoms with Gasteiger partial charge in [0.05, 0.1) is 6.54 Å². The van der Waals surface area contributed by atoms with Gasteiger partial charge in [0, 0.05) is 20.6 Å². The van der Waals surface area contributed by atoms with Crippen LogP contribution >= 0.6 is 0 Å². The lowest BCUT2D eigenvalue weighted by Crippen LogP contribution is -2.38. The van der Waals surface area contributed by atoms with Crippen molar-refractivity contribution >= 4 is 17.1 Å². The van der Waals surface area contributed by atoms with E-state index < -0.39 is 17.4 Å². The third-order valence-electron chi connectivity index (χ3n) is 4.93. The van der Waals surface area contributed by atoms with Crippen LogP contribution in [0.15, 0.2) is 33.9 Å². The van der Waals surface area contributed by atoms with Crippen LogP contribution in [0, 0.1) is 12.8 Å². The SMILES string of the molecule is Cc1ccccc1OC[C@@H](O)Cn1c(NCC(C)C)nc2c1c(=O)n(C)c(=O)n2C. The Hall–Kier alpha value is -3.07. The minimum atomic E-state index is -0.886. The van der Waals surface area contributed by atoms with Crippen LogP contribution in [0.3, 0.4) is 0 Å². The summed E-state index contributed by atoms with van der Waals surface area (Å²) in [6.45, 7) is 6.83. The van der Waals surface area contributed by atoms with Crippen LogP contribution < -0.4 is 21.3 Å². The van der Waals surface area contributed by atoms with Gasteiger partial charge in [0.15, 0.2) is 11.2 Å². The second-order valence-corrected chi connectivity index (χ2v) is 7.93. The third kappa shape index (κ3) is 4.25. The number of aliphatic hydroxyl groups excluding tert-OH is 1. The molecule has 1 atom stereocenters. The van der Waals surface area contributed by atoms with Crippen LogP contribution in [0.1, 0.15) is 19.4 Å². The first kappa shape index (κ1) is 21.6. The summed E-state index contributed by atoms with van der Waals surface area (Å²) in [6, 6.07) is 7.57. The number of fused-ring (bicyclic) bond motifs is 1. The van der Waals surface area contributed by atoms with Gasteiger partial charge in [0.1, 0.15) is 18.5 Å². The van der Waals surface area contributed by atoms with Crippen molar-refractivity contribution in [2.75, 3.05) is 18.5 Å². The lowest BCUT2D eigenvalue weighted by atomic mass is 10.2. The molecular weight excluding hydrogens is 386 g/mol. The Kier molecular flexibility index (Phi) is 6.31. The molecular formula is C21H29N5O4. The number of para-hydroxylation sites is 1. The lowest BCUT2D eigenvalue weighted by Gasteiger charge is -2.17. The fraction of sp³-hybridized carbons (Fsp3) is 0.476. The zero-order valence-corrected chi connectivity index (χ0v) is 18.0. The number of nitrogens with zero attached hydrogens (tertiary/aromatic N) is 4. The van der Waals surface area contributed by atoms with Crippen molar-refractivity contribution in [3.8, 4) is 5.75 Å². The predicted octanol–water partition coefficient (Wildman–Crippen LogP) is 1.25. The van der Waals surface area contributed by atoms with Crippen molar-refractivity contribution in [1.29, 1.82) is 0 Å². The largest absolute Gasteiger partial charge is 0.491 e. The van der Waals surface area contributed by atoms with Gasteiger partial charge >= 0.3 is 5.69 Å². The summed E-state index contributed by atoms with van der Waals surface area (Å²) in [5.74, 6) is 1.48. The number of aromatic nitrogens is 4. The minimum absolute atomic E-state index is 0.0558. The quantitative estimate of drug-likeness (QED) is 0.574. The van der Waals surface area contributed by atoms with Crippen molar-refractivity contribution in [3.63, 3.8) is 0 Å². The summed E-state index contributed by atoms with van der Waals surface area (Å²) in [6.07, 6.45) is -0.886. The number of rotatable bonds is 8. The zero-order chi connectivity index (χ0) is 22.0. The molecule has 9 nitrogen and oxygen atoms in total. The molecule has 2 aromatic heterocycles. The molecule has 162 valence electrons.